The molecule has 0 amide bonds. The van der Waals surface area contributed by atoms with E-state index in [9.17, 15) is 35.9 Å². The van der Waals surface area contributed by atoms with Crippen molar-refractivity contribution >= 4 is 33.1 Å². The van der Waals surface area contributed by atoms with E-state index in [1.165, 1.54) is 30.3 Å². The number of carboxylic acids is 1. The molecule has 0 spiro atoms. The van der Waals surface area contributed by atoms with Crippen LogP contribution in [-0.4, -0.2) is 30.7 Å². The number of hydrogen-bond donors (Lipinski definition) is 4. The number of nitrogens with zero attached hydrogens (tertiary/aromatic N) is 1. The Bertz CT molecular complexity index is 1430. The Labute approximate surface area is 196 Å². The molecular weight excluding hydrogens is 492 g/mol. The lowest BCUT2D eigenvalue weighted by Crippen LogP contribution is -2.33. The molecule has 7 N–H and O–H groups in total. The lowest BCUT2D eigenvalue weighted by Gasteiger charge is -2.17. The minimum atomic E-state index is -4.83. The summed E-state index contributed by atoms with van der Waals surface area (Å²) >= 11 is 0. The predicted octanol–water partition coefficient (Wildman–Crippen LogP) is 2.87. The summed E-state index contributed by atoms with van der Waals surface area (Å²) in [4.78, 5) is 14.9. The second-order valence-corrected chi connectivity index (χ2v) is 9.44. The Balaban J connectivity index is 2.13. The Kier molecular flexibility index (Phi) is 7.01. The van der Waals surface area contributed by atoms with Crippen LogP contribution in [-0.2, 0) is 21.1 Å². The molecule has 3 rings (SSSR count). The van der Waals surface area contributed by atoms with E-state index in [1.54, 1.807) is 0 Å². The predicted molar refractivity (Wildman–Crippen MR) is 120 cm³/mol. The lowest BCUT2D eigenvalue weighted by molar-refractivity contribution is -0.136. The third kappa shape index (κ3) is 4.89. The zero-order valence-corrected chi connectivity index (χ0v) is 18.5. The van der Waals surface area contributed by atoms with Gasteiger partial charge in [0.1, 0.15) is 0 Å². The first kappa shape index (κ1) is 25.5. The molecule has 0 radical (unpaired) electrons. The molecule has 0 aliphatic carbocycles. The zero-order valence-electron chi connectivity index (χ0n) is 17.7. The number of aliphatic imine (C=N–C) groups is 1. The molecular formula is C22H18F4N4O4S. The van der Waals surface area contributed by atoms with Crippen LogP contribution in [0.25, 0.3) is 11.1 Å². The Morgan fingerprint density at radius 1 is 0.943 bits per heavy atom. The van der Waals surface area contributed by atoms with E-state index in [2.05, 4.69) is 4.99 Å². The molecule has 0 heterocycles. The van der Waals surface area contributed by atoms with E-state index in [4.69, 9.17) is 17.2 Å². The number of anilines is 1. The smallest absolute Gasteiger partial charge is 0.322 e. The maximum absolute atomic E-state index is 14.9. The van der Waals surface area contributed by atoms with E-state index in [0.29, 0.717) is 0 Å². The summed E-state index contributed by atoms with van der Waals surface area (Å²) in [6.45, 7) is 0. The van der Waals surface area contributed by atoms with Crippen molar-refractivity contribution < 1.29 is 35.9 Å². The zero-order chi connectivity index (χ0) is 26.1. The molecule has 3 aromatic carbocycles. The molecule has 184 valence electrons. The number of aliphatic carboxylic acids is 1. The largest absolute Gasteiger partial charge is 0.480 e. The average molecular weight is 510 g/mol. The number of guanidine groups is 1. The maximum atomic E-state index is 14.9. The molecule has 0 aliphatic rings. The Morgan fingerprint density at radius 3 is 2.09 bits per heavy atom. The third-order valence-electron chi connectivity index (χ3n) is 5.03. The number of sulfone groups is 1. The van der Waals surface area contributed by atoms with Gasteiger partial charge < -0.3 is 22.3 Å². The van der Waals surface area contributed by atoms with Crippen molar-refractivity contribution in [2.24, 2.45) is 16.5 Å². The van der Waals surface area contributed by atoms with Crippen LogP contribution in [0.1, 0.15) is 5.56 Å². The highest BCUT2D eigenvalue weighted by atomic mass is 32.2. The summed E-state index contributed by atoms with van der Waals surface area (Å²) in [5.41, 5.74) is 13.1. The summed E-state index contributed by atoms with van der Waals surface area (Å²) in [7, 11) is -4.83. The van der Waals surface area contributed by atoms with E-state index in [-0.39, 0.29) is 16.9 Å². The van der Waals surface area contributed by atoms with Crippen molar-refractivity contribution in [1.82, 2.24) is 0 Å². The Morgan fingerprint density at radius 2 is 1.54 bits per heavy atom. The van der Waals surface area contributed by atoms with Gasteiger partial charge in [-0.2, -0.15) is 0 Å². The molecule has 0 aliphatic heterocycles. The summed E-state index contributed by atoms with van der Waals surface area (Å²) in [5, 5.41) is 7.03. The van der Waals surface area contributed by atoms with E-state index < -0.39 is 72.7 Å². The monoisotopic (exact) mass is 510 g/mol. The molecule has 0 saturated carbocycles. The number of rotatable bonds is 7. The van der Waals surface area contributed by atoms with Crippen LogP contribution >= 0.6 is 0 Å². The number of carbonyl (C=O) groups is 1. The van der Waals surface area contributed by atoms with Crippen molar-refractivity contribution in [3.8, 4) is 11.1 Å². The molecule has 1 atom stereocenters. The summed E-state index contributed by atoms with van der Waals surface area (Å²) in [5.74, 6) is -10.0. The number of carboxylic acid groups (broad SMARTS) is 1. The van der Waals surface area contributed by atoms with E-state index in [0.717, 1.165) is 18.2 Å². The molecule has 3 aromatic rings. The molecule has 0 aromatic heterocycles. The molecule has 35 heavy (non-hydrogen) atoms. The number of nitrogen functional groups attached to an aromatic ring is 1. The van der Waals surface area contributed by atoms with Gasteiger partial charge in [-0.15, -0.1) is 0 Å². The van der Waals surface area contributed by atoms with Gasteiger partial charge in [-0.3, -0.25) is 4.79 Å². The van der Waals surface area contributed by atoms with Crippen molar-refractivity contribution in [1.29, 1.82) is 0 Å². The van der Waals surface area contributed by atoms with Crippen molar-refractivity contribution in [3.63, 3.8) is 0 Å². The van der Waals surface area contributed by atoms with E-state index >= 15 is 0 Å². The van der Waals surface area contributed by atoms with Crippen LogP contribution in [0, 0.1) is 23.3 Å². The van der Waals surface area contributed by atoms with Crippen molar-refractivity contribution in [3.05, 3.63) is 77.4 Å². The second-order valence-electron chi connectivity index (χ2n) is 7.31. The van der Waals surface area contributed by atoms with Gasteiger partial charge in [-0.25, -0.2) is 31.0 Å². The number of para-hydroxylation sites is 1. The molecule has 13 heteroatoms. The fourth-order valence-electron chi connectivity index (χ4n) is 3.38. The summed E-state index contributed by atoms with van der Waals surface area (Å²) in [6.07, 6.45) is -1.42. The maximum Gasteiger partial charge on any atom is 0.322 e. The molecule has 1 unspecified atom stereocenters. The van der Waals surface area contributed by atoms with Gasteiger partial charge in [-0.05, 0) is 24.3 Å². The first-order chi connectivity index (χ1) is 16.4. The SMILES string of the molecule is NC(N)=Nc1cccc(S(=O)(=O)C(Cc2c(F)c(F)c(-c3ccccc3N)c(F)c2F)C(=O)O)c1. The number of halogens is 4. The lowest BCUT2D eigenvalue weighted by atomic mass is 9.97. The fourth-order valence-corrected chi connectivity index (χ4v) is 4.91. The summed E-state index contributed by atoms with van der Waals surface area (Å²) < 4.78 is 85.5. The van der Waals surface area contributed by atoms with Gasteiger partial charge in [0.05, 0.1) is 16.1 Å². The average Bonchev–Trinajstić information content (AvgIpc) is 2.78. The van der Waals surface area contributed by atoms with Crippen LogP contribution in [0.5, 0.6) is 0 Å². The van der Waals surface area contributed by atoms with Crippen LogP contribution in [0.4, 0.5) is 28.9 Å². The molecule has 0 fully saturated rings. The van der Waals surface area contributed by atoms with Gasteiger partial charge in [0, 0.05) is 23.2 Å². The standard InChI is InChI=1S/C22H18F4N4O4S/c23-17-13(18(24)20(26)16(19(17)25)12-6-1-2-7-14(12)27)9-15(21(31)32)35(33,34)11-5-3-4-10(8-11)30-22(28)29/h1-8,15H,9,27H2,(H,31,32)(H4,28,29,30). The number of benzene rings is 3. The van der Waals surface area contributed by atoms with Crippen LogP contribution in [0.3, 0.4) is 0 Å². The topological polar surface area (TPSA) is 162 Å². The van der Waals surface area contributed by atoms with Gasteiger partial charge in [0.25, 0.3) is 0 Å². The normalized spacial score (nSPS) is 12.2. The number of nitrogens with two attached hydrogens (primary N) is 3. The minimum Gasteiger partial charge on any atom is -0.480 e. The third-order valence-corrected chi connectivity index (χ3v) is 7.06. The van der Waals surface area contributed by atoms with Crippen LogP contribution in [0.15, 0.2) is 58.4 Å². The fraction of sp³-hybridized carbons (Fsp3) is 0.0909. The molecule has 8 nitrogen and oxygen atoms in total. The first-order valence-electron chi connectivity index (χ1n) is 9.72. The second kappa shape index (κ2) is 9.62. The highest BCUT2D eigenvalue weighted by Gasteiger charge is 2.38. The quantitative estimate of drug-likeness (QED) is 0.125. The van der Waals surface area contributed by atoms with Gasteiger partial charge >= 0.3 is 5.97 Å². The van der Waals surface area contributed by atoms with E-state index in [1.807, 2.05) is 0 Å². The number of hydrogen-bond acceptors (Lipinski definition) is 5. The highest BCUT2D eigenvalue weighted by molar-refractivity contribution is 7.92. The van der Waals surface area contributed by atoms with Crippen LogP contribution in [0.2, 0.25) is 0 Å². The van der Waals surface area contributed by atoms with Crippen molar-refractivity contribution in [2.45, 2.75) is 16.6 Å². The van der Waals surface area contributed by atoms with Gasteiger partial charge in [0.15, 0.2) is 44.3 Å². The van der Waals surface area contributed by atoms with Crippen molar-refractivity contribution in [2.75, 3.05) is 5.73 Å². The molecule has 0 bridgehead atoms. The van der Waals surface area contributed by atoms with Crippen LogP contribution < -0.4 is 17.2 Å². The first-order valence-corrected chi connectivity index (χ1v) is 11.3. The highest BCUT2D eigenvalue weighted by Crippen LogP contribution is 2.36. The minimum absolute atomic E-state index is 0.0468. The Hall–Kier alpha value is -4.13. The summed E-state index contributed by atoms with van der Waals surface area (Å²) in [6, 6.07) is 9.59. The molecule has 0 saturated heterocycles. The van der Waals surface area contributed by atoms with Gasteiger partial charge in [0.2, 0.25) is 0 Å². The van der Waals surface area contributed by atoms with Gasteiger partial charge in [-0.1, -0.05) is 24.3 Å².